The maximum absolute atomic E-state index is 4.38. The molecule has 16 heavy (non-hydrogen) atoms. The van der Waals surface area contributed by atoms with E-state index >= 15 is 0 Å². The molecule has 0 saturated carbocycles. The maximum Gasteiger partial charge on any atom is 0.155 e. The van der Waals surface area contributed by atoms with Crippen molar-refractivity contribution in [1.29, 1.82) is 0 Å². The van der Waals surface area contributed by atoms with Crippen LogP contribution in [0.3, 0.4) is 0 Å². The quantitative estimate of drug-likeness (QED) is 0.826. The second-order valence-electron chi connectivity index (χ2n) is 4.12. The van der Waals surface area contributed by atoms with Crippen LogP contribution in [0, 0.1) is 0 Å². The summed E-state index contributed by atoms with van der Waals surface area (Å²) < 4.78 is 0. The fourth-order valence-electron chi connectivity index (χ4n) is 2.25. The molecule has 2 aromatic heterocycles. The topological polar surface area (TPSA) is 48.1 Å². The predicted molar refractivity (Wildman–Crippen MR) is 63.1 cm³/mol. The molecule has 0 unspecified atom stereocenters. The van der Waals surface area contributed by atoms with E-state index in [0.717, 1.165) is 29.9 Å². The number of hydrazine groups is 1. The SMILES string of the molecule is CN(c1ncnc2[nH]ccc12)N1CCCC1. The highest BCUT2D eigenvalue weighted by Gasteiger charge is 2.19. The molecule has 0 spiro atoms. The first-order valence-corrected chi connectivity index (χ1v) is 5.63. The van der Waals surface area contributed by atoms with Gasteiger partial charge in [0.25, 0.3) is 0 Å². The van der Waals surface area contributed by atoms with Gasteiger partial charge in [-0.25, -0.2) is 15.0 Å². The number of anilines is 1. The van der Waals surface area contributed by atoms with Gasteiger partial charge >= 0.3 is 0 Å². The Balaban J connectivity index is 2.00. The molecule has 5 nitrogen and oxygen atoms in total. The number of nitrogens with one attached hydrogen (secondary N) is 1. The van der Waals surface area contributed by atoms with Gasteiger partial charge in [-0.2, -0.15) is 0 Å². The molecular formula is C11H15N5. The molecule has 2 aromatic rings. The van der Waals surface area contributed by atoms with Crippen LogP contribution in [0.4, 0.5) is 5.82 Å². The maximum atomic E-state index is 4.38. The first-order chi connectivity index (χ1) is 7.86. The highest BCUT2D eigenvalue weighted by molar-refractivity contribution is 5.86. The first-order valence-electron chi connectivity index (χ1n) is 5.63. The Morgan fingerprint density at radius 2 is 2.12 bits per heavy atom. The van der Waals surface area contributed by atoms with Crippen LogP contribution in [0.5, 0.6) is 0 Å². The van der Waals surface area contributed by atoms with Crippen molar-refractivity contribution < 1.29 is 0 Å². The minimum atomic E-state index is 0.899. The molecule has 0 amide bonds. The van der Waals surface area contributed by atoms with Gasteiger partial charge in [0.2, 0.25) is 0 Å². The molecule has 1 fully saturated rings. The summed E-state index contributed by atoms with van der Waals surface area (Å²) in [5, 5.41) is 5.55. The zero-order valence-corrected chi connectivity index (χ0v) is 9.35. The molecule has 0 radical (unpaired) electrons. The van der Waals surface area contributed by atoms with Gasteiger partial charge in [-0.15, -0.1) is 0 Å². The van der Waals surface area contributed by atoms with E-state index in [0.29, 0.717) is 0 Å². The normalized spacial score (nSPS) is 17.1. The van der Waals surface area contributed by atoms with Gasteiger partial charge in [0.05, 0.1) is 5.39 Å². The third-order valence-corrected chi connectivity index (χ3v) is 3.15. The van der Waals surface area contributed by atoms with Crippen molar-refractivity contribution in [3.8, 4) is 0 Å². The van der Waals surface area contributed by atoms with Gasteiger partial charge in [0.1, 0.15) is 12.0 Å². The Bertz CT molecular complexity index is 486. The first kappa shape index (κ1) is 9.59. The number of hydrogen-bond acceptors (Lipinski definition) is 4. The van der Waals surface area contributed by atoms with Crippen molar-refractivity contribution in [1.82, 2.24) is 20.0 Å². The minimum Gasteiger partial charge on any atom is -0.346 e. The summed E-state index contributed by atoms with van der Waals surface area (Å²) in [6.45, 7) is 2.23. The summed E-state index contributed by atoms with van der Waals surface area (Å²) >= 11 is 0. The van der Waals surface area contributed by atoms with E-state index in [4.69, 9.17) is 0 Å². The standard InChI is InChI=1S/C11H15N5/c1-15(16-6-2-3-7-16)11-9-4-5-12-10(9)13-8-14-11/h4-5,8H,2-3,6-7H2,1H3,(H,12,13,14). The lowest BCUT2D eigenvalue weighted by molar-refractivity contribution is 0.326. The molecule has 5 heteroatoms. The summed E-state index contributed by atoms with van der Waals surface area (Å²) in [4.78, 5) is 11.7. The molecule has 0 aromatic carbocycles. The summed E-state index contributed by atoms with van der Waals surface area (Å²) in [6, 6.07) is 2.03. The van der Waals surface area contributed by atoms with Crippen molar-refractivity contribution in [2.45, 2.75) is 12.8 Å². The largest absolute Gasteiger partial charge is 0.346 e. The average molecular weight is 217 g/mol. The number of aromatic nitrogens is 3. The number of aromatic amines is 1. The van der Waals surface area contributed by atoms with E-state index in [1.165, 1.54) is 12.8 Å². The van der Waals surface area contributed by atoms with E-state index < -0.39 is 0 Å². The van der Waals surface area contributed by atoms with Crippen LogP contribution in [-0.2, 0) is 0 Å². The Morgan fingerprint density at radius 1 is 1.31 bits per heavy atom. The van der Waals surface area contributed by atoms with Crippen molar-refractivity contribution in [3.63, 3.8) is 0 Å². The smallest absolute Gasteiger partial charge is 0.155 e. The third kappa shape index (κ3) is 1.44. The fraction of sp³-hybridized carbons (Fsp3) is 0.455. The van der Waals surface area contributed by atoms with E-state index in [-0.39, 0.29) is 0 Å². The van der Waals surface area contributed by atoms with Gasteiger partial charge in [0.15, 0.2) is 5.82 Å². The molecule has 0 atom stereocenters. The van der Waals surface area contributed by atoms with Crippen LogP contribution >= 0.6 is 0 Å². The fourth-order valence-corrected chi connectivity index (χ4v) is 2.25. The second-order valence-corrected chi connectivity index (χ2v) is 4.12. The van der Waals surface area contributed by atoms with Gasteiger partial charge < -0.3 is 4.98 Å². The highest BCUT2D eigenvalue weighted by atomic mass is 15.6. The number of hydrogen-bond donors (Lipinski definition) is 1. The summed E-state index contributed by atoms with van der Waals surface area (Å²) in [7, 11) is 2.07. The molecule has 0 bridgehead atoms. The van der Waals surface area contributed by atoms with Crippen molar-refractivity contribution in [2.75, 3.05) is 25.1 Å². The van der Waals surface area contributed by atoms with E-state index in [1.807, 2.05) is 12.3 Å². The van der Waals surface area contributed by atoms with Crippen LogP contribution in [0.15, 0.2) is 18.6 Å². The molecule has 1 saturated heterocycles. The van der Waals surface area contributed by atoms with Crippen molar-refractivity contribution in [2.24, 2.45) is 0 Å². The highest BCUT2D eigenvalue weighted by Crippen LogP contribution is 2.23. The van der Waals surface area contributed by atoms with Gasteiger partial charge in [-0.1, -0.05) is 0 Å². The molecule has 1 N–H and O–H groups in total. The zero-order valence-electron chi connectivity index (χ0n) is 9.35. The molecule has 1 aliphatic rings. The van der Waals surface area contributed by atoms with Gasteiger partial charge in [-0.3, -0.25) is 5.01 Å². The molecule has 1 aliphatic heterocycles. The Hall–Kier alpha value is -1.62. The van der Waals surface area contributed by atoms with E-state index in [1.54, 1.807) is 6.33 Å². The van der Waals surface area contributed by atoms with Crippen LogP contribution in [0.25, 0.3) is 11.0 Å². The number of fused-ring (bicyclic) bond motifs is 1. The van der Waals surface area contributed by atoms with Crippen molar-refractivity contribution in [3.05, 3.63) is 18.6 Å². The summed E-state index contributed by atoms with van der Waals surface area (Å²) in [5.41, 5.74) is 0.899. The number of rotatable bonds is 2. The lowest BCUT2D eigenvalue weighted by Gasteiger charge is -2.28. The molecule has 0 aliphatic carbocycles. The monoisotopic (exact) mass is 217 g/mol. The van der Waals surface area contributed by atoms with Gasteiger partial charge in [-0.05, 0) is 18.9 Å². The lowest BCUT2D eigenvalue weighted by Crippen LogP contribution is -2.38. The summed E-state index contributed by atoms with van der Waals surface area (Å²) in [6.07, 6.45) is 6.05. The summed E-state index contributed by atoms with van der Waals surface area (Å²) in [5.74, 6) is 0.980. The van der Waals surface area contributed by atoms with Crippen LogP contribution in [0.1, 0.15) is 12.8 Å². The third-order valence-electron chi connectivity index (χ3n) is 3.15. The van der Waals surface area contributed by atoms with Crippen molar-refractivity contribution >= 4 is 16.9 Å². The van der Waals surface area contributed by atoms with E-state index in [2.05, 4.69) is 32.0 Å². The van der Waals surface area contributed by atoms with Crippen LogP contribution in [-0.4, -0.2) is 40.1 Å². The number of nitrogens with zero attached hydrogens (tertiary/aromatic N) is 4. The minimum absolute atomic E-state index is 0.899. The molecule has 3 heterocycles. The lowest BCUT2D eigenvalue weighted by atomic mass is 10.4. The second kappa shape index (κ2) is 3.75. The molecular weight excluding hydrogens is 202 g/mol. The Kier molecular flexibility index (Phi) is 2.25. The average Bonchev–Trinajstić information content (AvgIpc) is 2.98. The predicted octanol–water partition coefficient (Wildman–Crippen LogP) is 1.40. The van der Waals surface area contributed by atoms with E-state index in [9.17, 15) is 0 Å². The Morgan fingerprint density at radius 3 is 2.94 bits per heavy atom. The van der Waals surface area contributed by atoms with Crippen LogP contribution in [0.2, 0.25) is 0 Å². The molecule has 84 valence electrons. The zero-order chi connectivity index (χ0) is 11.0. The Labute approximate surface area is 94.1 Å². The number of H-pyrrole nitrogens is 1. The molecule has 3 rings (SSSR count). The van der Waals surface area contributed by atoms with Gasteiger partial charge in [0, 0.05) is 26.3 Å². The van der Waals surface area contributed by atoms with Crippen LogP contribution < -0.4 is 5.01 Å².